The molecule has 6 heteroatoms. The van der Waals surface area contributed by atoms with Crippen molar-refractivity contribution in [1.82, 2.24) is 0 Å². The minimum absolute atomic E-state index is 0.0997. The van der Waals surface area contributed by atoms with E-state index >= 15 is 0 Å². The van der Waals surface area contributed by atoms with Gasteiger partial charge in [0.05, 0.1) is 0 Å². The van der Waals surface area contributed by atoms with Crippen LogP contribution in [0.5, 0.6) is 0 Å². The van der Waals surface area contributed by atoms with Gasteiger partial charge in [-0.2, -0.15) is 0 Å². The SMILES string of the molecule is CCCCC/C=C\C/C=C\C/C=C\C/C=C\CCCC(=O)OCC(COC(=O)CCCCCCC/C=C\CCCCCCCC)OC(=O)CCCCCCC/C=C\CCCCCCCC. The lowest BCUT2D eigenvalue weighted by atomic mass is 10.1. The highest BCUT2D eigenvalue weighted by molar-refractivity contribution is 5.71. The van der Waals surface area contributed by atoms with Crippen molar-refractivity contribution >= 4 is 17.9 Å². The fraction of sp³-hybridized carbons (Fsp3) is 0.746. The summed E-state index contributed by atoms with van der Waals surface area (Å²) in [5.74, 6) is -0.970. The van der Waals surface area contributed by atoms with Gasteiger partial charge in [-0.25, -0.2) is 0 Å². The first-order chi connectivity index (χ1) is 32.0. The van der Waals surface area contributed by atoms with E-state index in [1.807, 2.05) is 0 Å². The van der Waals surface area contributed by atoms with Crippen LogP contribution in [0.1, 0.15) is 265 Å². The number of esters is 3. The van der Waals surface area contributed by atoms with Crippen molar-refractivity contribution in [3.8, 4) is 0 Å². The summed E-state index contributed by atoms with van der Waals surface area (Å²) in [6.07, 6.45) is 67.4. The largest absolute Gasteiger partial charge is 0.462 e. The number of rotatable bonds is 49. The third-order valence-electron chi connectivity index (χ3n) is 11.7. The molecule has 6 nitrogen and oxygen atoms in total. The van der Waals surface area contributed by atoms with Crippen LogP contribution in [-0.4, -0.2) is 37.2 Å². The molecule has 0 aliphatic carbocycles. The highest BCUT2D eigenvalue weighted by Gasteiger charge is 2.19. The number of allylic oxidation sites excluding steroid dienone is 12. The summed E-state index contributed by atoms with van der Waals surface area (Å²) in [6, 6.07) is 0. The first-order valence-electron chi connectivity index (χ1n) is 27.4. The molecule has 0 aliphatic rings. The Morgan fingerprint density at radius 1 is 0.308 bits per heavy atom. The third kappa shape index (κ3) is 51.7. The van der Waals surface area contributed by atoms with E-state index in [1.54, 1.807) is 0 Å². The molecule has 0 aromatic heterocycles. The summed E-state index contributed by atoms with van der Waals surface area (Å²) >= 11 is 0. The van der Waals surface area contributed by atoms with Crippen LogP contribution in [0.15, 0.2) is 72.9 Å². The van der Waals surface area contributed by atoms with E-state index in [2.05, 4.69) is 93.7 Å². The second-order valence-corrected chi connectivity index (χ2v) is 18.1. The van der Waals surface area contributed by atoms with Crippen molar-refractivity contribution in [2.45, 2.75) is 271 Å². The van der Waals surface area contributed by atoms with Gasteiger partial charge < -0.3 is 14.2 Å². The molecule has 0 saturated heterocycles. The van der Waals surface area contributed by atoms with Crippen LogP contribution in [0.3, 0.4) is 0 Å². The number of carbonyl (C=O) groups excluding carboxylic acids is 3. The summed E-state index contributed by atoms with van der Waals surface area (Å²) in [5, 5.41) is 0. The molecule has 374 valence electrons. The van der Waals surface area contributed by atoms with Crippen molar-refractivity contribution in [3.63, 3.8) is 0 Å². The average Bonchev–Trinajstić information content (AvgIpc) is 3.30. The van der Waals surface area contributed by atoms with Crippen LogP contribution in [0, 0.1) is 0 Å². The molecule has 65 heavy (non-hydrogen) atoms. The van der Waals surface area contributed by atoms with Crippen molar-refractivity contribution in [2.24, 2.45) is 0 Å². The maximum atomic E-state index is 12.8. The lowest BCUT2D eigenvalue weighted by Crippen LogP contribution is -2.30. The van der Waals surface area contributed by atoms with Crippen LogP contribution in [0.25, 0.3) is 0 Å². The number of hydrogen-bond donors (Lipinski definition) is 0. The van der Waals surface area contributed by atoms with Crippen molar-refractivity contribution in [1.29, 1.82) is 0 Å². The predicted octanol–water partition coefficient (Wildman–Crippen LogP) is 18.2. The van der Waals surface area contributed by atoms with Crippen LogP contribution >= 0.6 is 0 Å². The highest BCUT2D eigenvalue weighted by atomic mass is 16.6. The van der Waals surface area contributed by atoms with Gasteiger partial charge in [-0.1, -0.05) is 209 Å². The van der Waals surface area contributed by atoms with Gasteiger partial charge >= 0.3 is 17.9 Å². The summed E-state index contributed by atoms with van der Waals surface area (Å²) in [4.78, 5) is 38.0. The fourth-order valence-electron chi connectivity index (χ4n) is 7.48. The first-order valence-corrected chi connectivity index (χ1v) is 27.4. The normalized spacial score (nSPS) is 12.6. The molecule has 0 radical (unpaired) electrons. The molecule has 0 spiro atoms. The zero-order chi connectivity index (χ0) is 47.2. The average molecular weight is 907 g/mol. The standard InChI is InChI=1S/C59H102O6/c1-4-7-10-13-16-19-22-25-28-29-32-34-37-40-43-46-49-52-58(61)64-55-56(65-59(62)53-50-47-44-41-38-35-31-27-24-21-18-15-12-9-6-3)54-63-57(60)51-48-45-42-39-36-33-30-26-23-20-17-14-11-8-5-2/h16,19,25-28,30-32,34,40,43,56H,4-15,17-18,20-24,29,33,35-39,41-42,44-55H2,1-3H3/b19-16-,28-25-,30-26-,31-27-,34-32-,43-40-. The molecule has 0 N–H and O–H groups in total. The molecule has 0 amide bonds. The van der Waals surface area contributed by atoms with Gasteiger partial charge in [-0.05, 0) is 109 Å². The number of hydrogen-bond acceptors (Lipinski definition) is 6. The van der Waals surface area contributed by atoms with Crippen molar-refractivity contribution < 1.29 is 28.6 Å². The second-order valence-electron chi connectivity index (χ2n) is 18.1. The lowest BCUT2D eigenvalue weighted by molar-refractivity contribution is -0.167. The second kappa shape index (κ2) is 53.5. The molecule has 1 atom stereocenters. The molecule has 0 aliphatic heterocycles. The Morgan fingerprint density at radius 2 is 0.569 bits per heavy atom. The zero-order valence-electron chi connectivity index (χ0n) is 42.7. The molecular weight excluding hydrogens is 805 g/mol. The van der Waals surface area contributed by atoms with Crippen LogP contribution in [-0.2, 0) is 28.6 Å². The lowest BCUT2D eigenvalue weighted by Gasteiger charge is -2.18. The summed E-state index contributed by atoms with van der Waals surface area (Å²) in [7, 11) is 0. The predicted molar refractivity (Wildman–Crippen MR) is 279 cm³/mol. The Hall–Kier alpha value is -3.15. The van der Waals surface area contributed by atoms with E-state index in [0.717, 1.165) is 83.5 Å². The summed E-state index contributed by atoms with van der Waals surface area (Å²) in [5.41, 5.74) is 0. The van der Waals surface area contributed by atoms with E-state index in [-0.39, 0.29) is 37.5 Å². The minimum Gasteiger partial charge on any atom is -0.462 e. The molecule has 0 bridgehead atoms. The van der Waals surface area contributed by atoms with E-state index in [1.165, 1.54) is 135 Å². The van der Waals surface area contributed by atoms with E-state index in [4.69, 9.17) is 14.2 Å². The molecule has 0 saturated carbocycles. The molecule has 0 aromatic rings. The third-order valence-corrected chi connectivity index (χ3v) is 11.7. The molecular formula is C59H102O6. The fourth-order valence-corrected chi connectivity index (χ4v) is 7.48. The van der Waals surface area contributed by atoms with Gasteiger partial charge in [0.25, 0.3) is 0 Å². The van der Waals surface area contributed by atoms with Gasteiger partial charge in [-0.3, -0.25) is 14.4 Å². The van der Waals surface area contributed by atoms with Gasteiger partial charge in [0.1, 0.15) is 13.2 Å². The Morgan fingerprint density at radius 3 is 0.969 bits per heavy atom. The van der Waals surface area contributed by atoms with Gasteiger partial charge in [0.2, 0.25) is 0 Å². The Kier molecular flexibility index (Phi) is 50.9. The van der Waals surface area contributed by atoms with E-state index in [0.29, 0.717) is 19.3 Å². The molecule has 0 heterocycles. The minimum atomic E-state index is -0.804. The number of carbonyl (C=O) groups is 3. The Balaban J connectivity index is 4.49. The maximum Gasteiger partial charge on any atom is 0.306 e. The smallest absolute Gasteiger partial charge is 0.306 e. The van der Waals surface area contributed by atoms with Crippen LogP contribution < -0.4 is 0 Å². The first kappa shape index (κ1) is 61.9. The van der Waals surface area contributed by atoms with Crippen molar-refractivity contribution in [2.75, 3.05) is 13.2 Å². The summed E-state index contributed by atoms with van der Waals surface area (Å²) < 4.78 is 16.8. The maximum absolute atomic E-state index is 12.8. The number of ether oxygens (including phenoxy) is 3. The molecule has 1 unspecified atom stereocenters. The van der Waals surface area contributed by atoms with Gasteiger partial charge in [0, 0.05) is 19.3 Å². The van der Waals surface area contributed by atoms with E-state index in [9.17, 15) is 14.4 Å². The Labute approximate surface area is 402 Å². The van der Waals surface area contributed by atoms with E-state index < -0.39 is 6.10 Å². The highest BCUT2D eigenvalue weighted by Crippen LogP contribution is 2.14. The molecule has 0 aromatic carbocycles. The summed E-state index contributed by atoms with van der Waals surface area (Å²) in [6.45, 7) is 6.55. The van der Waals surface area contributed by atoms with Gasteiger partial charge in [-0.15, -0.1) is 0 Å². The monoisotopic (exact) mass is 907 g/mol. The molecule has 0 rings (SSSR count). The Bertz CT molecular complexity index is 1230. The zero-order valence-corrected chi connectivity index (χ0v) is 42.7. The van der Waals surface area contributed by atoms with Crippen molar-refractivity contribution in [3.05, 3.63) is 72.9 Å². The van der Waals surface area contributed by atoms with Gasteiger partial charge in [0.15, 0.2) is 6.10 Å². The number of unbranched alkanes of at least 4 members (excludes halogenated alkanes) is 26. The van der Waals surface area contributed by atoms with Crippen LogP contribution in [0.4, 0.5) is 0 Å². The van der Waals surface area contributed by atoms with Crippen LogP contribution in [0.2, 0.25) is 0 Å². The molecule has 0 fully saturated rings. The topological polar surface area (TPSA) is 78.9 Å². The quantitative estimate of drug-likeness (QED) is 0.0262.